The van der Waals surface area contributed by atoms with Gasteiger partial charge in [-0.1, -0.05) is 22.9 Å². The van der Waals surface area contributed by atoms with Crippen molar-refractivity contribution in [3.63, 3.8) is 0 Å². The summed E-state index contributed by atoms with van der Waals surface area (Å²) in [6.45, 7) is -0.985. The van der Waals surface area contributed by atoms with Crippen LogP contribution in [0.3, 0.4) is 0 Å². The van der Waals surface area contributed by atoms with Gasteiger partial charge in [0, 0.05) is 24.1 Å². The van der Waals surface area contributed by atoms with Crippen LogP contribution in [0.1, 0.15) is 24.8 Å². The Morgan fingerprint density at radius 1 is 1.21 bits per heavy atom. The second-order valence-electron chi connectivity index (χ2n) is 9.89. The predicted octanol–water partition coefficient (Wildman–Crippen LogP) is 5.76. The van der Waals surface area contributed by atoms with Gasteiger partial charge in [-0.15, -0.1) is 0 Å². The van der Waals surface area contributed by atoms with Crippen LogP contribution in [0, 0.1) is 16.4 Å². The fourth-order valence-electron chi connectivity index (χ4n) is 4.38. The lowest BCUT2D eigenvalue weighted by atomic mass is 10.00. The highest BCUT2D eigenvalue weighted by Gasteiger charge is 2.45. The topological polar surface area (TPSA) is 119 Å². The van der Waals surface area contributed by atoms with Gasteiger partial charge in [0.05, 0.1) is 50.9 Å². The molecule has 16 heteroatoms. The number of hydrogen-bond acceptors (Lipinski definition) is 9. The van der Waals surface area contributed by atoms with Crippen molar-refractivity contribution < 1.29 is 40.6 Å². The number of carbonyl (C=O) groups excluding carboxylic acids is 1. The van der Waals surface area contributed by atoms with Gasteiger partial charge in [-0.25, -0.2) is 26.9 Å². The predicted molar refractivity (Wildman–Crippen MR) is 156 cm³/mol. The Hall–Kier alpha value is -3.43. The lowest BCUT2D eigenvalue weighted by Gasteiger charge is -2.24. The number of thiazole rings is 1. The van der Waals surface area contributed by atoms with Gasteiger partial charge in [0.1, 0.15) is 28.3 Å². The van der Waals surface area contributed by atoms with Gasteiger partial charge >= 0.3 is 6.09 Å². The summed E-state index contributed by atoms with van der Waals surface area (Å²) in [6.07, 6.45) is 0.922. The first kappa shape index (κ1) is 32.5. The van der Waals surface area contributed by atoms with E-state index in [1.807, 2.05) is 0 Å². The van der Waals surface area contributed by atoms with Gasteiger partial charge in [0.25, 0.3) is 10.0 Å². The molecule has 1 heterocycles. The minimum Gasteiger partial charge on any atom is -0.497 e. The average molecular weight is 663 g/mol. The number of halogens is 4. The standard InChI is InChI=1S/C27H30ClF3N4O6S2/c1-32-26(36)41-18(11-27(15-29)6-7-27)12-33-21-10-20(30)23(9-19(21)28)43(37,38)35(25-34-13-24(31)42-25)14-16-4-5-17(39-2)8-22(16)40-3/h4-5,8-10,13,18,33H,6-7,11-12,14-15H2,1-3H3,(H,32,36)/t18-/m0/s1. The number of benzene rings is 2. The first-order chi connectivity index (χ1) is 20.4. The number of carbonyl (C=O) groups is 1. The highest BCUT2D eigenvalue weighted by Crippen LogP contribution is 2.50. The lowest BCUT2D eigenvalue weighted by Crippen LogP contribution is -2.33. The lowest BCUT2D eigenvalue weighted by molar-refractivity contribution is 0.0833. The molecule has 1 amide bonds. The molecular weight excluding hydrogens is 633 g/mol. The van der Waals surface area contributed by atoms with Crippen LogP contribution < -0.4 is 24.4 Å². The number of methoxy groups -OCH3 is 2. The van der Waals surface area contributed by atoms with Crippen molar-refractivity contribution in [3.05, 3.63) is 58.1 Å². The molecule has 0 unspecified atom stereocenters. The Bertz CT molecular complexity index is 1570. The number of nitrogens with one attached hydrogen (secondary N) is 2. The van der Waals surface area contributed by atoms with E-state index >= 15 is 4.39 Å². The van der Waals surface area contributed by atoms with E-state index in [2.05, 4.69) is 15.6 Å². The zero-order valence-corrected chi connectivity index (χ0v) is 25.8. The van der Waals surface area contributed by atoms with E-state index in [4.69, 9.17) is 25.8 Å². The Kier molecular flexibility index (Phi) is 10.2. The van der Waals surface area contributed by atoms with Crippen LogP contribution in [0.15, 0.2) is 41.4 Å². The zero-order valence-electron chi connectivity index (χ0n) is 23.5. The van der Waals surface area contributed by atoms with E-state index in [0.717, 1.165) is 22.6 Å². The molecule has 1 saturated carbocycles. The summed E-state index contributed by atoms with van der Waals surface area (Å²) in [6, 6.07) is 6.51. The molecule has 10 nitrogen and oxygen atoms in total. The average Bonchev–Trinajstić information content (AvgIpc) is 3.64. The maximum atomic E-state index is 15.5. The maximum Gasteiger partial charge on any atom is 0.407 e. The van der Waals surface area contributed by atoms with Gasteiger partial charge in [0.2, 0.25) is 5.13 Å². The number of alkyl carbamates (subject to hydrolysis) is 1. The Labute approximate surface area is 256 Å². The van der Waals surface area contributed by atoms with Crippen molar-refractivity contribution >= 4 is 49.9 Å². The fourth-order valence-corrected chi connectivity index (χ4v) is 7.00. The summed E-state index contributed by atoms with van der Waals surface area (Å²) in [5.41, 5.74) is -0.174. The van der Waals surface area contributed by atoms with Crippen LogP contribution in [-0.4, -0.2) is 60.1 Å². The molecule has 3 aromatic rings. The third-order valence-corrected chi connectivity index (χ3v) is 9.96. The molecule has 0 spiro atoms. The van der Waals surface area contributed by atoms with Crippen molar-refractivity contribution in [2.24, 2.45) is 5.41 Å². The number of aromatic nitrogens is 1. The van der Waals surface area contributed by atoms with Crippen LogP contribution in [-0.2, 0) is 21.3 Å². The molecule has 0 bridgehead atoms. The second-order valence-corrected chi connectivity index (χ2v) is 13.1. The largest absolute Gasteiger partial charge is 0.497 e. The Morgan fingerprint density at radius 3 is 2.53 bits per heavy atom. The van der Waals surface area contributed by atoms with E-state index in [9.17, 15) is 22.0 Å². The van der Waals surface area contributed by atoms with Crippen molar-refractivity contribution in [2.75, 3.05) is 44.1 Å². The summed E-state index contributed by atoms with van der Waals surface area (Å²) in [7, 11) is -0.472. The van der Waals surface area contributed by atoms with Crippen molar-refractivity contribution in [2.45, 2.75) is 36.8 Å². The van der Waals surface area contributed by atoms with Crippen LogP contribution >= 0.6 is 22.9 Å². The Balaban J connectivity index is 1.63. The molecule has 0 radical (unpaired) electrons. The third-order valence-electron chi connectivity index (χ3n) is 6.98. The smallest absolute Gasteiger partial charge is 0.407 e. The fraction of sp³-hybridized carbons (Fsp3) is 0.407. The number of amides is 1. The van der Waals surface area contributed by atoms with Crippen molar-refractivity contribution in [3.8, 4) is 11.5 Å². The van der Waals surface area contributed by atoms with Crippen LogP contribution in [0.25, 0.3) is 0 Å². The molecule has 0 aliphatic heterocycles. The van der Waals surface area contributed by atoms with E-state index in [1.54, 1.807) is 18.2 Å². The molecule has 2 aromatic carbocycles. The zero-order chi connectivity index (χ0) is 31.4. The first-order valence-corrected chi connectivity index (χ1v) is 15.6. The molecule has 43 heavy (non-hydrogen) atoms. The second kappa shape index (κ2) is 13.5. The number of ether oxygens (including phenoxy) is 3. The number of alkyl halides is 1. The van der Waals surface area contributed by atoms with E-state index in [-0.39, 0.29) is 41.1 Å². The molecule has 234 valence electrons. The molecule has 1 fully saturated rings. The van der Waals surface area contributed by atoms with Crippen molar-refractivity contribution in [1.82, 2.24) is 10.3 Å². The molecule has 0 saturated heterocycles. The van der Waals surface area contributed by atoms with Gasteiger partial charge < -0.3 is 24.8 Å². The monoisotopic (exact) mass is 662 g/mol. The molecule has 1 aliphatic carbocycles. The highest BCUT2D eigenvalue weighted by molar-refractivity contribution is 7.93. The number of anilines is 2. The van der Waals surface area contributed by atoms with Gasteiger partial charge in [-0.3, -0.25) is 4.39 Å². The van der Waals surface area contributed by atoms with Crippen LogP contribution in [0.4, 0.5) is 28.8 Å². The van der Waals surface area contributed by atoms with Crippen LogP contribution in [0.5, 0.6) is 11.5 Å². The number of sulfonamides is 1. The van der Waals surface area contributed by atoms with Gasteiger partial charge in [-0.05, 0) is 43.5 Å². The molecule has 1 aromatic heterocycles. The SMILES string of the molecule is CNC(=O)O[C@H](CNc1cc(F)c(S(=O)(=O)N(Cc2ccc(OC)cc2OC)c2ncc(F)s2)cc1Cl)CC1(CF)CC1. The summed E-state index contributed by atoms with van der Waals surface area (Å²) in [4.78, 5) is 14.9. The highest BCUT2D eigenvalue weighted by atomic mass is 35.5. The van der Waals surface area contributed by atoms with E-state index in [0.29, 0.717) is 35.5 Å². The summed E-state index contributed by atoms with van der Waals surface area (Å²) < 4.78 is 87.4. The minimum atomic E-state index is -4.70. The number of hydrogen-bond donors (Lipinski definition) is 2. The third kappa shape index (κ3) is 7.57. The normalized spacial score (nSPS) is 14.5. The van der Waals surface area contributed by atoms with Gasteiger partial charge in [-0.2, -0.15) is 4.39 Å². The molecular formula is C27H30ClF3N4O6S2. The molecule has 1 atom stereocenters. The Morgan fingerprint density at radius 2 is 1.95 bits per heavy atom. The molecule has 2 N–H and O–H groups in total. The van der Waals surface area contributed by atoms with Crippen LogP contribution in [0.2, 0.25) is 5.02 Å². The quantitative estimate of drug-likeness (QED) is 0.224. The molecule has 1 aliphatic rings. The summed E-state index contributed by atoms with van der Waals surface area (Å²) >= 11 is 6.86. The summed E-state index contributed by atoms with van der Waals surface area (Å²) in [5, 5.41) is 4.06. The molecule has 4 rings (SSSR count). The van der Waals surface area contributed by atoms with E-state index in [1.165, 1.54) is 21.3 Å². The van der Waals surface area contributed by atoms with E-state index < -0.39 is 50.2 Å². The van der Waals surface area contributed by atoms with Gasteiger partial charge in [0.15, 0.2) is 5.13 Å². The maximum absolute atomic E-state index is 15.5. The first-order valence-electron chi connectivity index (χ1n) is 13.0. The van der Waals surface area contributed by atoms with Crippen molar-refractivity contribution in [1.29, 1.82) is 0 Å². The number of nitrogens with zero attached hydrogens (tertiary/aromatic N) is 2. The summed E-state index contributed by atoms with van der Waals surface area (Å²) in [5.74, 6) is -0.415. The minimum absolute atomic E-state index is 0.0254. The number of rotatable bonds is 14.